The number of aromatic nitrogens is 1. The van der Waals surface area contributed by atoms with Crippen molar-refractivity contribution in [3.05, 3.63) is 18.0 Å². The van der Waals surface area contributed by atoms with Crippen molar-refractivity contribution in [2.45, 2.75) is 0 Å². The lowest BCUT2D eigenvalue weighted by atomic mass is 10.3. The molecule has 5 nitrogen and oxygen atoms in total. The Morgan fingerprint density at radius 3 is 2.45 bits per heavy atom. The number of carbonyl (C=O) groups is 1. The highest BCUT2D eigenvalue weighted by atomic mass is 16.4. The van der Waals surface area contributed by atoms with E-state index in [0.29, 0.717) is 0 Å². The van der Waals surface area contributed by atoms with Crippen LogP contribution in [0.4, 0.5) is 0 Å². The molecule has 1 aromatic heterocycles. The quantitative estimate of drug-likeness (QED) is 0.538. The van der Waals surface area contributed by atoms with Crippen LogP contribution in [0.1, 0.15) is 10.5 Å². The predicted molar refractivity (Wildman–Crippen MR) is 34.5 cm³/mol. The highest BCUT2D eigenvalue weighted by Crippen LogP contribution is 2.22. The molecule has 5 heteroatoms. The van der Waals surface area contributed by atoms with Crippen LogP contribution in [0.2, 0.25) is 0 Å². The smallest absolute Gasteiger partial charge is 0.354 e. The molecule has 0 bridgehead atoms. The molecule has 0 aromatic carbocycles. The first-order chi connectivity index (χ1) is 5.11. The van der Waals surface area contributed by atoms with Crippen LogP contribution in [0, 0.1) is 0 Å². The molecule has 58 valence electrons. The summed E-state index contributed by atoms with van der Waals surface area (Å²) in [5, 5.41) is 25.9. The Balaban J connectivity index is 3.15. The van der Waals surface area contributed by atoms with Crippen LogP contribution in [0.5, 0.6) is 11.5 Å². The highest BCUT2D eigenvalue weighted by Gasteiger charge is 2.07. The Kier molecular flexibility index (Phi) is 1.63. The van der Waals surface area contributed by atoms with Crippen molar-refractivity contribution in [2.75, 3.05) is 0 Å². The van der Waals surface area contributed by atoms with Crippen molar-refractivity contribution in [3.8, 4) is 11.5 Å². The molecule has 0 atom stereocenters. The second-order valence-electron chi connectivity index (χ2n) is 1.86. The molecule has 0 saturated carbocycles. The fourth-order valence-corrected chi connectivity index (χ4v) is 0.554. The summed E-state index contributed by atoms with van der Waals surface area (Å²) in [6.45, 7) is 0. The van der Waals surface area contributed by atoms with E-state index in [0.717, 1.165) is 12.3 Å². The van der Waals surface area contributed by atoms with E-state index in [4.69, 9.17) is 15.3 Å². The van der Waals surface area contributed by atoms with Gasteiger partial charge in [0.2, 0.25) is 0 Å². The maximum absolute atomic E-state index is 10.2. The minimum Gasteiger partial charge on any atom is -0.504 e. The molecule has 1 heterocycles. The average molecular weight is 155 g/mol. The summed E-state index contributed by atoms with van der Waals surface area (Å²) < 4.78 is 0. The summed E-state index contributed by atoms with van der Waals surface area (Å²) in [5.74, 6) is -2.17. The lowest BCUT2D eigenvalue weighted by Gasteiger charge is -1.96. The first kappa shape index (κ1) is 7.33. The maximum atomic E-state index is 10.2. The standard InChI is InChI=1S/C6H5NO4/c8-4-1-3(6(10)11)7-2-5(4)9/h1-2,9H,(H,7,8)(H,10,11). The van der Waals surface area contributed by atoms with Gasteiger partial charge in [-0.25, -0.2) is 9.78 Å². The van der Waals surface area contributed by atoms with Gasteiger partial charge in [0.1, 0.15) is 0 Å². The third-order valence-electron chi connectivity index (χ3n) is 1.08. The number of hydrogen-bond donors (Lipinski definition) is 3. The van der Waals surface area contributed by atoms with Crippen LogP contribution in [-0.2, 0) is 0 Å². The van der Waals surface area contributed by atoms with Crippen LogP contribution < -0.4 is 0 Å². The minimum atomic E-state index is -1.25. The summed E-state index contributed by atoms with van der Waals surface area (Å²) in [4.78, 5) is 13.5. The Morgan fingerprint density at radius 2 is 2.00 bits per heavy atom. The van der Waals surface area contributed by atoms with Crippen molar-refractivity contribution < 1.29 is 20.1 Å². The molecule has 0 radical (unpaired) electrons. The lowest BCUT2D eigenvalue weighted by molar-refractivity contribution is 0.0690. The van der Waals surface area contributed by atoms with Crippen molar-refractivity contribution in [1.82, 2.24) is 4.98 Å². The summed E-state index contributed by atoms with van der Waals surface area (Å²) in [5.41, 5.74) is -0.305. The van der Waals surface area contributed by atoms with E-state index in [-0.39, 0.29) is 5.69 Å². The molecule has 0 fully saturated rings. The third kappa shape index (κ3) is 1.37. The summed E-state index contributed by atoms with van der Waals surface area (Å²) in [7, 11) is 0. The second kappa shape index (κ2) is 2.45. The van der Waals surface area contributed by atoms with Crippen molar-refractivity contribution in [3.63, 3.8) is 0 Å². The van der Waals surface area contributed by atoms with Gasteiger partial charge in [0, 0.05) is 6.07 Å². The number of aromatic carboxylic acids is 1. The van der Waals surface area contributed by atoms with E-state index >= 15 is 0 Å². The highest BCUT2D eigenvalue weighted by molar-refractivity contribution is 5.85. The molecule has 0 aliphatic heterocycles. The molecule has 0 aliphatic carbocycles. The molecule has 1 aromatic rings. The third-order valence-corrected chi connectivity index (χ3v) is 1.08. The first-order valence-electron chi connectivity index (χ1n) is 2.72. The molecule has 0 spiro atoms. The first-order valence-corrected chi connectivity index (χ1v) is 2.72. The van der Waals surface area contributed by atoms with Gasteiger partial charge in [0.25, 0.3) is 0 Å². The fraction of sp³-hybridized carbons (Fsp3) is 0. The fourth-order valence-electron chi connectivity index (χ4n) is 0.554. The zero-order chi connectivity index (χ0) is 8.43. The summed E-state index contributed by atoms with van der Waals surface area (Å²) >= 11 is 0. The maximum Gasteiger partial charge on any atom is 0.354 e. The zero-order valence-corrected chi connectivity index (χ0v) is 5.35. The van der Waals surface area contributed by atoms with Gasteiger partial charge in [0.15, 0.2) is 17.2 Å². The molecule has 1 rings (SSSR count). The van der Waals surface area contributed by atoms with Gasteiger partial charge in [-0.1, -0.05) is 0 Å². The van der Waals surface area contributed by atoms with Crippen LogP contribution in [0.25, 0.3) is 0 Å². The van der Waals surface area contributed by atoms with Gasteiger partial charge in [0.05, 0.1) is 6.20 Å². The molecule has 3 N–H and O–H groups in total. The van der Waals surface area contributed by atoms with Gasteiger partial charge >= 0.3 is 5.97 Å². The second-order valence-corrected chi connectivity index (χ2v) is 1.86. The van der Waals surface area contributed by atoms with Crippen LogP contribution in [0.3, 0.4) is 0 Å². The molecule has 0 aliphatic rings. The normalized spacial score (nSPS) is 9.45. The molecule has 0 unspecified atom stereocenters. The summed E-state index contributed by atoms with van der Waals surface area (Å²) in [6.07, 6.45) is 0.874. The van der Waals surface area contributed by atoms with Crippen molar-refractivity contribution in [1.29, 1.82) is 0 Å². The Labute approximate surface area is 61.6 Å². The molecular formula is C6H5NO4. The molecule has 0 saturated heterocycles. The zero-order valence-electron chi connectivity index (χ0n) is 5.35. The van der Waals surface area contributed by atoms with Gasteiger partial charge < -0.3 is 15.3 Å². The van der Waals surface area contributed by atoms with E-state index in [2.05, 4.69) is 4.98 Å². The SMILES string of the molecule is O=C(O)c1cc(O)c(O)cn1. The number of nitrogens with zero attached hydrogens (tertiary/aromatic N) is 1. The van der Waals surface area contributed by atoms with E-state index in [1.165, 1.54) is 0 Å². The molecule has 0 amide bonds. The van der Waals surface area contributed by atoms with E-state index in [9.17, 15) is 4.79 Å². The van der Waals surface area contributed by atoms with E-state index < -0.39 is 17.5 Å². The Morgan fingerprint density at radius 1 is 1.36 bits per heavy atom. The minimum absolute atomic E-state index is 0.305. The lowest BCUT2D eigenvalue weighted by Crippen LogP contribution is -1.98. The van der Waals surface area contributed by atoms with Crippen molar-refractivity contribution >= 4 is 5.97 Å². The number of carboxylic acid groups (broad SMARTS) is 1. The van der Waals surface area contributed by atoms with Crippen LogP contribution >= 0.6 is 0 Å². The largest absolute Gasteiger partial charge is 0.504 e. The number of hydrogen-bond acceptors (Lipinski definition) is 4. The van der Waals surface area contributed by atoms with Gasteiger partial charge in [-0.05, 0) is 0 Å². The predicted octanol–water partition coefficient (Wildman–Crippen LogP) is 0.191. The number of aromatic hydroxyl groups is 2. The van der Waals surface area contributed by atoms with Gasteiger partial charge in [-0.3, -0.25) is 0 Å². The monoisotopic (exact) mass is 155 g/mol. The van der Waals surface area contributed by atoms with Crippen LogP contribution in [0.15, 0.2) is 12.3 Å². The van der Waals surface area contributed by atoms with E-state index in [1.54, 1.807) is 0 Å². The number of pyridine rings is 1. The van der Waals surface area contributed by atoms with Crippen molar-refractivity contribution in [2.24, 2.45) is 0 Å². The van der Waals surface area contributed by atoms with Gasteiger partial charge in [-0.15, -0.1) is 0 Å². The van der Waals surface area contributed by atoms with E-state index in [1.807, 2.05) is 0 Å². The topological polar surface area (TPSA) is 90.7 Å². The summed E-state index contributed by atoms with van der Waals surface area (Å²) in [6, 6.07) is 0.873. The van der Waals surface area contributed by atoms with Crippen LogP contribution in [-0.4, -0.2) is 26.3 Å². The number of rotatable bonds is 1. The Hall–Kier alpha value is -1.78. The molecular weight excluding hydrogens is 150 g/mol. The number of carboxylic acids is 1. The average Bonchev–Trinajstić information content (AvgIpc) is 1.94. The molecule has 11 heavy (non-hydrogen) atoms. The Bertz CT molecular complexity index is 297. The van der Waals surface area contributed by atoms with Gasteiger partial charge in [-0.2, -0.15) is 0 Å².